The number of carbonyl (C=O) groups excluding carboxylic acids is 1. The molecule has 0 spiro atoms. The summed E-state index contributed by atoms with van der Waals surface area (Å²) >= 11 is 0. The number of piperazine rings is 1. The van der Waals surface area contributed by atoms with Gasteiger partial charge in [-0.05, 0) is 26.3 Å². The van der Waals surface area contributed by atoms with Crippen LogP contribution in [-0.4, -0.2) is 66.7 Å². The number of nitrogens with zero attached hydrogens (tertiary/aromatic N) is 2. The lowest BCUT2D eigenvalue weighted by atomic mass is 10.1. The first-order chi connectivity index (χ1) is 8.87. The smallest absolute Gasteiger partial charge is 0.339 e. The van der Waals surface area contributed by atoms with Crippen molar-refractivity contribution in [2.45, 2.75) is 38.0 Å². The topological polar surface area (TPSA) is 35.6 Å². The highest BCUT2D eigenvalue weighted by Gasteiger charge is 2.37. The second-order valence-electron chi connectivity index (χ2n) is 5.37. The quantitative estimate of drug-likeness (QED) is 0.813. The highest BCUT2D eigenvalue weighted by Crippen LogP contribution is 2.21. The molecular formula is C12H20F3N3O. The average Bonchev–Trinajstić information content (AvgIpc) is 2.82. The van der Waals surface area contributed by atoms with Crippen LogP contribution in [0.5, 0.6) is 0 Å². The molecule has 0 saturated carbocycles. The van der Waals surface area contributed by atoms with E-state index in [-0.39, 0.29) is 18.0 Å². The molecule has 0 radical (unpaired) electrons. The molecule has 7 heteroatoms. The summed E-state index contributed by atoms with van der Waals surface area (Å²) in [5, 5.41) is 3.13. The number of amides is 1. The van der Waals surface area contributed by atoms with Crippen LogP contribution in [0.1, 0.15) is 19.8 Å². The zero-order valence-corrected chi connectivity index (χ0v) is 11.0. The fourth-order valence-electron chi connectivity index (χ4n) is 2.78. The molecule has 2 aliphatic heterocycles. The molecule has 2 heterocycles. The molecule has 2 atom stereocenters. The summed E-state index contributed by atoms with van der Waals surface area (Å²) in [6.45, 7) is 2.76. The zero-order valence-electron chi connectivity index (χ0n) is 11.0. The standard InChI is InChI=1S/C12H20F3N3O/c1-9-7-17(11(19)10-3-2-4-16-10)5-6-18(9)8-12(13,14)15/h9-10,16H,2-8H2,1H3/t9-,10-/m0/s1. The van der Waals surface area contributed by atoms with Crippen LogP contribution in [-0.2, 0) is 4.79 Å². The maximum absolute atomic E-state index is 12.4. The number of alkyl halides is 3. The van der Waals surface area contributed by atoms with Crippen LogP contribution in [0.15, 0.2) is 0 Å². The fourth-order valence-corrected chi connectivity index (χ4v) is 2.78. The van der Waals surface area contributed by atoms with Crippen molar-refractivity contribution in [2.24, 2.45) is 0 Å². The lowest BCUT2D eigenvalue weighted by Crippen LogP contribution is -2.58. The number of carbonyl (C=O) groups is 1. The van der Waals surface area contributed by atoms with Gasteiger partial charge >= 0.3 is 6.18 Å². The summed E-state index contributed by atoms with van der Waals surface area (Å²) < 4.78 is 37.1. The Morgan fingerprint density at radius 2 is 2.11 bits per heavy atom. The Morgan fingerprint density at radius 1 is 1.37 bits per heavy atom. The molecule has 2 saturated heterocycles. The van der Waals surface area contributed by atoms with E-state index in [1.165, 1.54) is 4.90 Å². The van der Waals surface area contributed by atoms with Crippen LogP contribution in [0.4, 0.5) is 13.2 Å². The monoisotopic (exact) mass is 279 g/mol. The van der Waals surface area contributed by atoms with Crippen molar-refractivity contribution in [2.75, 3.05) is 32.7 Å². The van der Waals surface area contributed by atoms with Gasteiger partial charge in [-0.1, -0.05) is 0 Å². The van der Waals surface area contributed by atoms with Crippen molar-refractivity contribution >= 4 is 5.91 Å². The predicted molar refractivity (Wildman–Crippen MR) is 64.7 cm³/mol. The summed E-state index contributed by atoms with van der Waals surface area (Å²) in [4.78, 5) is 15.3. The van der Waals surface area contributed by atoms with E-state index in [1.807, 2.05) is 0 Å². The number of hydrogen-bond donors (Lipinski definition) is 1. The van der Waals surface area contributed by atoms with Crippen molar-refractivity contribution < 1.29 is 18.0 Å². The molecule has 2 aliphatic rings. The van der Waals surface area contributed by atoms with Gasteiger partial charge in [0.1, 0.15) is 0 Å². The molecule has 2 rings (SSSR count). The highest BCUT2D eigenvalue weighted by atomic mass is 19.4. The normalized spacial score (nSPS) is 29.8. The van der Waals surface area contributed by atoms with Gasteiger partial charge in [-0.15, -0.1) is 0 Å². The third-order valence-electron chi connectivity index (χ3n) is 3.82. The van der Waals surface area contributed by atoms with Gasteiger partial charge in [-0.2, -0.15) is 13.2 Å². The molecule has 1 N–H and O–H groups in total. The van der Waals surface area contributed by atoms with E-state index in [1.54, 1.807) is 11.8 Å². The Balaban J connectivity index is 1.87. The second kappa shape index (κ2) is 5.66. The maximum Gasteiger partial charge on any atom is 0.401 e. The van der Waals surface area contributed by atoms with E-state index in [4.69, 9.17) is 0 Å². The summed E-state index contributed by atoms with van der Waals surface area (Å²) in [6, 6.07) is -0.387. The van der Waals surface area contributed by atoms with Crippen molar-refractivity contribution in [3.63, 3.8) is 0 Å². The molecule has 19 heavy (non-hydrogen) atoms. The highest BCUT2D eigenvalue weighted by molar-refractivity contribution is 5.82. The molecular weight excluding hydrogens is 259 g/mol. The van der Waals surface area contributed by atoms with Gasteiger partial charge in [0.15, 0.2) is 0 Å². The summed E-state index contributed by atoms with van der Waals surface area (Å²) in [6.07, 6.45) is -2.36. The van der Waals surface area contributed by atoms with Crippen LogP contribution < -0.4 is 5.32 Å². The van der Waals surface area contributed by atoms with E-state index in [0.29, 0.717) is 19.6 Å². The first-order valence-electron chi connectivity index (χ1n) is 6.70. The third-order valence-corrected chi connectivity index (χ3v) is 3.82. The van der Waals surface area contributed by atoms with E-state index in [0.717, 1.165) is 19.4 Å². The Kier molecular flexibility index (Phi) is 4.35. The summed E-state index contributed by atoms with van der Waals surface area (Å²) in [5.74, 6) is 0.0380. The van der Waals surface area contributed by atoms with Gasteiger partial charge in [0.05, 0.1) is 12.6 Å². The van der Waals surface area contributed by atoms with Gasteiger partial charge in [0.25, 0.3) is 0 Å². The number of rotatable bonds is 2. The summed E-state index contributed by atoms with van der Waals surface area (Å²) in [5.41, 5.74) is 0. The number of nitrogens with one attached hydrogen (secondary N) is 1. The van der Waals surface area contributed by atoms with Crippen molar-refractivity contribution in [3.05, 3.63) is 0 Å². The zero-order chi connectivity index (χ0) is 14.0. The van der Waals surface area contributed by atoms with Crippen LogP contribution in [0.25, 0.3) is 0 Å². The lowest BCUT2D eigenvalue weighted by molar-refractivity contribution is -0.158. The third kappa shape index (κ3) is 3.82. The van der Waals surface area contributed by atoms with Crippen LogP contribution in [0.2, 0.25) is 0 Å². The van der Waals surface area contributed by atoms with Crippen LogP contribution in [0.3, 0.4) is 0 Å². The fraction of sp³-hybridized carbons (Fsp3) is 0.917. The van der Waals surface area contributed by atoms with E-state index < -0.39 is 12.7 Å². The molecule has 0 aromatic heterocycles. The van der Waals surface area contributed by atoms with Crippen LogP contribution in [0, 0.1) is 0 Å². The minimum Gasteiger partial charge on any atom is -0.339 e. The predicted octanol–water partition coefficient (Wildman–Crippen LogP) is 0.833. The minimum absolute atomic E-state index is 0.0380. The van der Waals surface area contributed by atoms with Crippen LogP contribution >= 0.6 is 0 Å². The van der Waals surface area contributed by atoms with Gasteiger partial charge in [0, 0.05) is 25.7 Å². The first kappa shape index (κ1) is 14.6. The SMILES string of the molecule is C[C@H]1CN(C(=O)[C@@H]2CCCN2)CCN1CC(F)(F)F. The molecule has 0 aliphatic carbocycles. The first-order valence-corrected chi connectivity index (χ1v) is 6.70. The lowest BCUT2D eigenvalue weighted by Gasteiger charge is -2.40. The van der Waals surface area contributed by atoms with E-state index in [2.05, 4.69) is 5.32 Å². The number of halogens is 3. The van der Waals surface area contributed by atoms with E-state index >= 15 is 0 Å². The van der Waals surface area contributed by atoms with Crippen molar-refractivity contribution in [1.82, 2.24) is 15.1 Å². The second-order valence-corrected chi connectivity index (χ2v) is 5.37. The molecule has 110 valence electrons. The molecule has 4 nitrogen and oxygen atoms in total. The average molecular weight is 279 g/mol. The van der Waals surface area contributed by atoms with Gasteiger partial charge in [-0.25, -0.2) is 0 Å². The van der Waals surface area contributed by atoms with Crippen molar-refractivity contribution in [1.29, 1.82) is 0 Å². The molecule has 0 unspecified atom stereocenters. The Hall–Kier alpha value is -0.820. The van der Waals surface area contributed by atoms with Gasteiger partial charge < -0.3 is 10.2 Å². The Morgan fingerprint density at radius 3 is 2.63 bits per heavy atom. The van der Waals surface area contributed by atoms with Crippen molar-refractivity contribution in [3.8, 4) is 0 Å². The molecule has 0 aromatic rings. The molecule has 2 fully saturated rings. The van der Waals surface area contributed by atoms with Gasteiger partial charge in [-0.3, -0.25) is 9.69 Å². The molecule has 0 bridgehead atoms. The van der Waals surface area contributed by atoms with Gasteiger partial charge in [0.2, 0.25) is 5.91 Å². The summed E-state index contributed by atoms with van der Waals surface area (Å²) in [7, 11) is 0. The molecule has 0 aromatic carbocycles. The number of hydrogen-bond acceptors (Lipinski definition) is 3. The minimum atomic E-state index is -4.17. The Bertz CT molecular complexity index is 329. The van der Waals surface area contributed by atoms with E-state index in [9.17, 15) is 18.0 Å². The molecule has 1 amide bonds. The largest absolute Gasteiger partial charge is 0.401 e. The Labute approximate surface area is 110 Å². The maximum atomic E-state index is 12.4.